The van der Waals surface area contributed by atoms with Crippen LogP contribution in [0.4, 0.5) is 19.7 Å². The molecule has 3 aromatic heterocycles. The largest absolute Gasteiger partial charge is 0.389 e. The minimum atomic E-state index is -0.600. The Morgan fingerprint density at radius 1 is 1.08 bits per heavy atom. The number of likely N-dealkylation sites (tertiary alicyclic amines) is 1. The van der Waals surface area contributed by atoms with Crippen molar-refractivity contribution in [1.29, 1.82) is 5.26 Å². The molecule has 11 heteroatoms. The third kappa shape index (κ3) is 3.40. The van der Waals surface area contributed by atoms with E-state index in [0.717, 1.165) is 49.0 Å². The zero-order valence-electron chi connectivity index (χ0n) is 19.9. The van der Waals surface area contributed by atoms with E-state index in [2.05, 4.69) is 19.8 Å². The zero-order valence-corrected chi connectivity index (χ0v) is 20.7. The van der Waals surface area contributed by atoms with Crippen LogP contribution < -0.4 is 10.6 Å². The first-order valence-electron chi connectivity index (χ1n) is 12.4. The molecule has 0 amide bonds. The fourth-order valence-corrected chi connectivity index (χ4v) is 6.75. The quantitative estimate of drug-likeness (QED) is 0.426. The molecule has 0 saturated carbocycles. The Bertz CT molecular complexity index is 1620. The molecule has 7 rings (SSSR count). The van der Waals surface area contributed by atoms with Gasteiger partial charge in [-0.05, 0) is 43.5 Å². The van der Waals surface area contributed by atoms with Gasteiger partial charge in [0.05, 0.1) is 35.4 Å². The molecule has 2 fully saturated rings. The standard InChI is InChI=1S/C26H23F2N7OS/c27-18-10-31-23(20-14(8-29)25(30)37-24(18)20)19-17-12-36-11-16(17)15-9-32-26(33-22(15)21(19)28)35-6-2-13(3-7-35)34-4-1-5-34/h9-10,13H,1-7,11-12,30H2. The first-order chi connectivity index (χ1) is 18.0. The number of fused-ring (bicyclic) bond motifs is 4. The lowest BCUT2D eigenvalue weighted by Gasteiger charge is -2.42. The number of pyridine rings is 1. The summed E-state index contributed by atoms with van der Waals surface area (Å²) in [6.07, 6.45) is 6.06. The van der Waals surface area contributed by atoms with Gasteiger partial charge in [0.2, 0.25) is 5.95 Å². The number of nitriles is 1. The molecular weight excluding hydrogens is 496 g/mol. The zero-order chi connectivity index (χ0) is 25.3. The first kappa shape index (κ1) is 22.7. The van der Waals surface area contributed by atoms with Crippen molar-refractivity contribution in [3.05, 3.63) is 40.7 Å². The number of anilines is 2. The molecule has 188 valence electrons. The van der Waals surface area contributed by atoms with Crippen molar-refractivity contribution in [3.63, 3.8) is 0 Å². The van der Waals surface area contributed by atoms with Crippen LogP contribution in [0.3, 0.4) is 0 Å². The number of ether oxygens (including phenoxy) is 1. The third-order valence-corrected chi connectivity index (χ3v) is 8.91. The van der Waals surface area contributed by atoms with E-state index in [9.17, 15) is 9.65 Å². The second kappa shape index (κ2) is 8.55. The summed E-state index contributed by atoms with van der Waals surface area (Å²) >= 11 is 0.961. The van der Waals surface area contributed by atoms with E-state index < -0.39 is 11.6 Å². The van der Waals surface area contributed by atoms with Crippen LogP contribution in [0.1, 0.15) is 36.0 Å². The van der Waals surface area contributed by atoms with Gasteiger partial charge in [-0.15, -0.1) is 11.3 Å². The normalized spacial score (nSPS) is 18.4. The molecule has 0 spiro atoms. The van der Waals surface area contributed by atoms with E-state index in [1.807, 2.05) is 6.07 Å². The minimum absolute atomic E-state index is 0.0996. The maximum atomic E-state index is 16.4. The van der Waals surface area contributed by atoms with Crippen molar-refractivity contribution in [3.8, 4) is 17.3 Å². The molecule has 1 aromatic carbocycles. The molecule has 3 aliphatic rings. The average molecular weight is 520 g/mol. The molecule has 2 N–H and O–H groups in total. The number of benzene rings is 1. The van der Waals surface area contributed by atoms with E-state index in [0.29, 0.717) is 22.9 Å². The van der Waals surface area contributed by atoms with E-state index in [4.69, 9.17) is 15.5 Å². The predicted molar refractivity (Wildman–Crippen MR) is 137 cm³/mol. The van der Waals surface area contributed by atoms with Gasteiger partial charge >= 0.3 is 0 Å². The third-order valence-electron chi connectivity index (χ3n) is 7.89. The Morgan fingerprint density at radius 3 is 2.59 bits per heavy atom. The van der Waals surface area contributed by atoms with Gasteiger partial charge in [-0.1, -0.05) is 0 Å². The van der Waals surface area contributed by atoms with Crippen LogP contribution in [0.5, 0.6) is 0 Å². The lowest BCUT2D eigenvalue weighted by atomic mass is 9.94. The molecule has 4 aromatic rings. The molecule has 3 aliphatic heterocycles. The number of nitrogen functional groups attached to an aromatic ring is 1. The van der Waals surface area contributed by atoms with Crippen LogP contribution in [-0.2, 0) is 18.0 Å². The summed E-state index contributed by atoms with van der Waals surface area (Å²) in [4.78, 5) is 18.2. The van der Waals surface area contributed by atoms with Crippen molar-refractivity contribution in [2.75, 3.05) is 36.8 Å². The molecule has 0 atom stereocenters. The number of rotatable bonds is 3. The van der Waals surface area contributed by atoms with E-state index in [-0.39, 0.29) is 50.6 Å². The van der Waals surface area contributed by atoms with Crippen LogP contribution in [-0.4, -0.2) is 52.1 Å². The van der Waals surface area contributed by atoms with Gasteiger partial charge < -0.3 is 20.3 Å². The monoisotopic (exact) mass is 519 g/mol. The molecule has 0 unspecified atom stereocenters. The first-order valence-corrected chi connectivity index (χ1v) is 13.2. The van der Waals surface area contributed by atoms with Crippen LogP contribution in [0, 0.1) is 23.0 Å². The van der Waals surface area contributed by atoms with Crippen molar-refractivity contribution >= 4 is 43.3 Å². The lowest BCUT2D eigenvalue weighted by molar-refractivity contribution is 0.0999. The Balaban J connectivity index is 1.38. The molecule has 37 heavy (non-hydrogen) atoms. The molecule has 0 radical (unpaired) electrons. The van der Waals surface area contributed by atoms with Crippen LogP contribution in [0.2, 0.25) is 0 Å². The highest BCUT2D eigenvalue weighted by Gasteiger charge is 2.32. The van der Waals surface area contributed by atoms with Crippen molar-refractivity contribution < 1.29 is 13.5 Å². The Hall–Kier alpha value is -3.46. The highest BCUT2D eigenvalue weighted by molar-refractivity contribution is 7.23. The smallest absolute Gasteiger partial charge is 0.225 e. The second-order valence-corrected chi connectivity index (χ2v) is 10.8. The van der Waals surface area contributed by atoms with Gasteiger partial charge in [0.1, 0.15) is 16.6 Å². The Labute approximate surface area is 215 Å². The Morgan fingerprint density at radius 2 is 1.86 bits per heavy atom. The number of nitrogens with zero attached hydrogens (tertiary/aromatic N) is 6. The topological polar surface area (TPSA) is 104 Å². The van der Waals surface area contributed by atoms with Gasteiger partial charge in [0.25, 0.3) is 0 Å². The molecule has 0 aliphatic carbocycles. The van der Waals surface area contributed by atoms with Crippen molar-refractivity contribution in [1.82, 2.24) is 19.9 Å². The molecule has 6 heterocycles. The Kier molecular flexibility index (Phi) is 5.25. The predicted octanol–water partition coefficient (Wildman–Crippen LogP) is 4.34. The molecular formula is C26H23F2N7OS. The number of piperidine rings is 1. The summed E-state index contributed by atoms with van der Waals surface area (Å²) < 4.78 is 37.0. The van der Waals surface area contributed by atoms with Gasteiger partial charge in [-0.25, -0.2) is 18.7 Å². The van der Waals surface area contributed by atoms with Crippen molar-refractivity contribution in [2.45, 2.75) is 38.5 Å². The maximum absolute atomic E-state index is 16.4. The van der Waals surface area contributed by atoms with E-state index in [1.54, 1.807) is 6.20 Å². The number of hydrogen-bond acceptors (Lipinski definition) is 9. The number of halogens is 2. The van der Waals surface area contributed by atoms with Crippen LogP contribution in [0.15, 0.2) is 12.4 Å². The second-order valence-electron chi connectivity index (χ2n) is 9.79. The summed E-state index contributed by atoms with van der Waals surface area (Å²) in [6, 6.07) is 2.63. The maximum Gasteiger partial charge on any atom is 0.225 e. The summed E-state index contributed by atoms with van der Waals surface area (Å²) in [5.74, 6) is -0.683. The molecule has 0 bridgehead atoms. The van der Waals surface area contributed by atoms with E-state index >= 15 is 4.39 Å². The van der Waals surface area contributed by atoms with Crippen LogP contribution >= 0.6 is 11.3 Å². The van der Waals surface area contributed by atoms with Gasteiger partial charge in [0.15, 0.2) is 11.6 Å². The summed E-state index contributed by atoms with van der Waals surface area (Å²) in [6.45, 7) is 4.43. The highest BCUT2D eigenvalue weighted by Crippen LogP contribution is 2.45. The fourth-order valence-electron chi connectivity index (χ4n) is 5.83. The van der Waals surface area contributed by atoms with Crippen LogP contribution in [0.25, 0.3) is 32.2 Å². The minimum Gasteiger partial charge on any atom is -0.389 e. The number of nitrogens with two attached hydrogens (primary N) is 1. The fraction of sp³-hybridized carbons (Fsp3) is 0.385. The van der Waals surface area contributed by atoms with Gasteiger partial charge in [-0.2, -0.15) is 5.26 Å². The van der Waals surface area contributed by atoms with Gasteiger partial charge in [-0.3, -0.25) is 4.98 Å². The summed E-state index contributed by atoms with van der Waals surface area (Å²) in [5, 5.41) is 10.7. The highest BCUT2D eigenvalue weighted by atomic mass is 32.1. The summed E-state index contributed by atoms with van der Waals surface area (Å²) in [5.41, 5.74) is 8.06. The van der Waals surface area contributed by atoms with Crippen molar-refractivity contribution in [2.24, 2.45) is 0 Å². The average Bonchev–Trinajstić information content (AvgIpc) is 3.49. The number of aromatic nitrogens is 3. The molecule has 8 nitrogen and oxygen atoms in total. The SMILES string of the molecule is N#Cc1c(N)sc2c(F)cnc(-c3c4c(c5cnc(N6CCC(N7CCC7)CC6)nc5c3F)COC4)c12. The number of thiophene rings is 1. The van der Waals surface area contributed by atoms with E-state index in [1.165, 1.54) is 19.5 Å². The lowest BCUT2D eigenvalue weighted by Crippen LogP contribution is -2.50. The van der Waals surface area contributed by atoms with Gasteiger partial charge in [0, 0.05) is 41.7 Å². The molecule has 2 saturated heterocycles. The number of hydrogen-bond donors (Lipinski definition) is 1. The summed E-state index contributed by atoms with van der Waals surface area (Å²) in [7, 11) is 0.